The first-order valence-corrected chi connectivity index (χ1v) is 5.14. The third kappa shape index (κ3) is 2.57. The van der Waals surface area contributed by atoms with Crippen molar-refractivity contribution in [2.75, 3.05) is 13.2 Å². The van der Waals surface area contributed by atoms with E-state index in [4.69, 9.17) is 4.74 Å². The summed E-state index contributed by atoms with van der Waals surface area (Å²) in [5.41, 5.74) is 3.07. The van der Waals surface area contributed by atoms with E-state index >= 15 is 0 Å². The average Bonchev–Trinajstić information content (AvgIpc) is 3.02. The fraction of sp³-hybridized carbons (Fsp3) is 0.417. The highest BCUT2D eigenvalue weighted by atomic mass is 16.6. The van der Waals surface area contributed by atoms with E-state index in [1.807, 2.05) is 32.0 Å². The summed E-state index contributed by atoms with van der Waals surface area (Å²) in [6.07, 6.45) is 0.237. The molecular weight excluding hydrogens is 190 g/mol. The number of rotatable bonds is 3. The van der Waals surface area contributed by atoms with Gasteiger partial charge in [0, 0.05) is 12.1 Å². The molecule has 1 heterocycles. The fourth-order valence-electron chi connectivity index (χ4n) is 1.38. The summed E-state index contributed by atoms with van der Waals surface area (Å²) >= 11 is 0. The summed E-state index contributed by atoms with van der Waals surface area (Å²) in [5.74, 6) is -0.0198. The van der Waals surface area contributed by atoms with Crippen LogP contribution < -0.4 is 5.32 Å². The van der Waals surface area contributed by atoms with E-state index in [0.29, 0.717) is 6.54 Å². The van der Waals surface area contributed by atoms with Gasteiger partial charge in [0.2, 0.25) is 0 Å². The number of nitrogens with one attached hydrogen (secondary N) is 1. The molecule has 2 rings (SSSR count). The Hall–Kier alpha value is -1.35. The number of ether oxygens (including phenoxy) is 1. The molecular formula is C12H15NO2. The summed E-state index contributed by atoms with van der Waals surface area (Å²) in [5, 5.41) is 2.84. The van der Waals surface area contributed by atoms with Crippen molar-refractivity contribution in [1.82, 2.24) is 5.32 Å². The fourth-order valence-corrected chi connectivity index (χ4v) is 1.38. The Balaban J connectivity index is 2.00. The summed E-state index contributed by atoms with van der Waals surface area (Å²) in [6, 6.07) is 5.74. The first-order chi connectivity index (χ1) is 7.16. The molecule has 1 amide bonds. The molecule has 1 fully saturated rings. The second kappa shape index (κ2) is 4.03. The predicted octanol–water partition coefficient (Wildman–Crippen LogP) is 1.43. The Morgan fingerprint density at radius 2 is 2.20 bits per heavy atom. The van der Waals surface area contributed by atoms with Crippen LogP contribution in [0.2, 0.25) is 0 Å². The molecule has 3 heteroatoms. The van der Waals surface area contributed by atoms with Crippen molar-refractivity contribution in [3.63, 3.8) is 0 Å². The van der Waals surface area contributed by atoms with Gasteiger partial charge >= 0.3 is 0 Å². The molecule has 1 aromatic carbocycles. The normalized spacial score (nSPS) is 18.7. The predicted molar refractivity (Wildman–Crippen MR) is 58.0 cm³/mol. The van der Waals surface area contributed by atoms with Crippen LogP contribution >= 0.6 is 0 Å². The minimum absolute atomic E-state index is 0.0198. The maximum atomic E-state index is 11.7. The number of hydrogen-bond donors (Lipinski definition) is 1. The Morgan fingerprint density at radius 1 is 1.47 bits per heavy atom. The van der Waals surface area contributed by atoms with Crippen LogP contribution in [0.1, 0.15) is 21.5 Å². The number of hydrogen-bond acceptors (Lipinski definition) is 2. The zero-order valence-corrected chi connectivity index (χ0v) is 9.04. The zero-order chi connectivity index (χ0) is 10.8. The molecule has 1 aliphatic rings. The molecule has 1 N–H and O–H groups in total. The second-order valence-electron chi connectivity index (χ2n) is 3.96. The van der Waals surface area contributed by atoms with Gasteiger partial charge in [-0.05, 0) is 37.1 Å². The van der Waals surface area contributed by atoms with Gasteiger partial charge in [-0.2, -0.15) is 0 Å². The van der Waals surface area contributed by atoms with Crippen LogP contribution in [-0.4, -0.2) is 25.2 Å². The third-order valence-corrected chi connectivity index (χ3v) is 2.66. The van der Waals surface area contributed by atoms with Crippen molar-refractivity contribution in [2.45, 2.75) is 20.0 Å². The lowest BCUT2D eigenvalue weighted by molar-refractivity contribution is 0.0950. The van der Waals surface area contributed by atoms with E-state index in [2.05, 4.69) is 5.32 Å². The molecule has 0 radical (unpaired) electrons. The number of aryl methyl sites for hydroxylation is 2. The SMILES string of the molecule is Cc1ccc(C(=O)NCC2CO2)cc1C. The van der Waals surface area contributed by atoms with E-state index in [1.165, 1.54) is 5.56 Å². The highest BCUT2D eigenvalue weighted by molar-refractivity contribution is 5.94. The van der Waals surface area contributed by atoms with Crippen LogP contribution in [0.25, 0.3) is 0 Å². The first kappa shape index (κ1) is 10.2. The van der Waals surface area contributed by atoms with Crippen molar-refractivity contribution in [3.05, 3.63) is 34.9 Å². The monoisotopic (exact) mass is 205 g/mol. The largest absolute Gasteiger partial charge is 0.371 e. The highest BCUT2D eigenvalue weighted by Gasteiger charge is 2.22. The van der Waals surface area contributed by atoms with Crippen LogP contribution in [0.5, 0.6) is 0 Å². The quantitative estimate of drug-likeness (QED) is 0.758. The van der Waals surface area contributed by atoms with Crippen LogP contribution in [-0.2, 0) is 4.74 Å². The lowest BCUT2D eigenvalue weighted by Gasteiger charge is -2.05. The molecule has 0 aliphatic carbocycles. The maximum Gasteiger partial charge on any atom is 0.251 e. The minimum atomic E-state index is -0.0198. The molecule has 1 aromatic rings. The van der Waals surface area contributed by atoms with E-state index in [9.17, 15) is 4.79 Å². The standard InChI is InChI=1S/C12H15NO2/c1-8-3-4-10(5-9(8)2)12(14)13-6-11-7-15-11/h3-5,11H,6-7H2,1-2H3,(H,13,14). The van der Waals surface area contributed by atoms with Crippen LogP contribution in [0.4, 0.5) is 0 Å². The topological polar surface area (TPSA) is 41.6 Å². The molecule has 80 valence electrons. The van der Waals surface area contributed by atoms with E-state index in [0.717, 1.165) is 17.7 Å². The van der Waals surface area contributed by atoms with Gasteiger partial charge in [-0.3, -0.25) is 4.79 Å². The van der Waals surface area contributed by atoms with E-state index < -0.39 is 0 Å². The van der Waals surface area contributed by atoms with Gasteiger partial charge < -0.3 is 10.1 Å². The number of carbonyl (C=O) groups is 1. The summed E-state index contributed by atoms with van der Waals surface area (Å²) in [6.45, 7) is 5.43. The van der Waals surface area contributed by atoms with Crippen molar-refractivity contribution >= 4 is 5.91 Å². The lowest BCUT2D eigenvalue weighted by atomic mass is 10.1. The molecule has 1 unspecified atom stereocenters. The van der Waals surface area contributed by atoms with Crippen molar-refractivity contribution in [2.24, 2.45) is 0 Å². The molecule has 0 bridgehead atoms. The van der Waals surface area contributed by atoms with Gasteiger partial charge in [0.15, 0.2) is 0 Å². The first-order valence-electron chi connectivity index (χ1n) is 5.14. The van der Waals surface area contributed by atoms with Gasteiger partial charge in [0.1, 0.15) is 0 Å². The van der Waals surface area contributed by atoms with Gasteiger partial charge in [0.25, 0.3) is 5.91 Å². The molecule has 1 aliphatic heterocycles. The van der Waals surface area contributed by atoms with Gasteiger partial charge in [-0.25, -0.2) is 0 Å². The van der Waals surface area contributed by atoms with E-state index in [-0.39, 0.29) is 12.0 Å². The van der Waals surface area contributed by atoms with Gasteiger partial charge in [-0.1, -0.05) is 6.07 Å². The smallest absolute Gasteiger partial charge is 0.251 e. The average molecular weight is 205 g/mol. The summed E-state index contributed by atoms with van der Waals surface area (Å²) in [7, 11) is 0. The Labute approximate surface area is 89.4 Å². The summed E-state index contributed by atoms with van der Waals surface area (Å²) in [4.78, 5) is 11.7. The molecule has 15 heavy (non-hydrogen) atoms. The zero-order valence-electron chi connectivity index (χ0n) is 9.04. The third-order valence-electron chi connectivity index (χ3n) is 2.66. The molecule has 0 aromatic heterocycles. The molecule has 1 atom stereocenters. The molecule has 0 spiro atoms. The Morgan fingerprint density at radius 3 is 2.80 bits per heavy atom. The number of amides is 1. The molecule has 1 saturated heterocycles. The lowest BCUT2D eigenvalue weighted by Crippen LogP contribution is -2.27. The Bertz CT molecular complexity index is 383. The second-order valence-corrected chi connectivity index (χ2v) is 3.96. The minimum Gasteiger partial charge on any atom is -0.371 e. The van der Waals surface area contributed by atoms with Gasteiger partial charge in [0.05, 0.1) is 12.7 Å². The number of epoxide rings is 1. The number of carbonyl (C=O) groups excluding carboxylic acids is 1. The van der Waals surface area contributed by atoms with Crippen LogP contribution in [0.3, 0.4) is 0 Å². The van der Waals surface area contributed by atoms with Crippen molar-refractivity contribution in [3.8, 4) is 0 Å². The Kier molecular flexibility index (Phi) is 2.73. The summed E-state index contributed by atoms with van der Waals surface area (Å²) < 4.78 is 5.02. The van der Waals surface area contributed by atoms with Crippen LogP contribution in [0, 0.1) is 13.8 Å². The molecule has 3 nitrogen and oxygen atoms in total. The van der Waals surface area contributed by atoms with Crippen LogP contribution in [0.15, 0.2) is 18.2 Å². The highest BCUT2D eigenvalue weighted by Crippen LogP contribution is 2.10. The van der Waals surface area contributed by atoms with Crippen molar-refractivity contribution in [1.29, 1.82) is 0 Å². The molecule has 0 saturated carbocycles. The maximum absolute atomic E-state index is 11.7. The van der Waals surface area contributed by atoms with Gasteiger partial charge in [-0.15, -0.1) is 0 Å². The van der Waals surface area contributed by atoms with E-state index in [1.54, 1.807) is 0 Å². The van der Waals surface area contributed by atoms with Crippen molar-refractivity contribution < 1.29 is 9.53 Å². The number of benzene rings is 1.